The molecule has 1 fully saturated rings. The summed E-state index contributed by atoms with van der Waals surface area (Å²) >= 11 is 0. The second-order valence-electron chi connectivity index (χ2n) is 5.20. The van der Waals surface area contributed by atoms with Crippen molar-refractivity contribution in [2.24, 2.45) is 5.92 Å². The van der Waals surface area contributed by atoms with Gasteiger partial charge in [-0.15, -0.1) is 0 Å². The maximum absolute atomic E-state index is 12.4. The summed E-state index contributed by atoms with van der Waals surface area (Å²) in [5.74, 6) is 1.10. The van der Waals surface area contributed by atoms with E-state index < -0.39 is 0 Å². The van der Waals surface area contributed by atoms with E-state index >= 15 is 0 Å². The number of nitrogen functional groups attached to an aromatic ring is 1. The number of benzene rings is 1. The van der Waals surface area contributed by atoms with Gasteiger partial charge < -0.3 is 20.1 Å². The first-order valence-corrected chi connectivity index (χ1v) is 6.88. The maximum atomic E-state index is 12.4. The minimum absolute atomic E-state index is 0.00848. The highest BCUT2D eigenvalue weighted by molar-refractivity contribution is 5.95. The van der Waals surface area contributed by atoms with Gasteiger partial charge in [0.1, 0.15) is 5.75 Å². The van der Waals surface area contributed by atoms with Crippen LogP contribution in [-0.2, 0) is 4.74 Å². The molecule has 0 spiro atoms. The highest BCUT2D eigenvalue weighted by Gasteiger charge is 2.20. The Hall–Kier alpha value is -1.75. The van der Waals surface area contributed by atoms with Crippen LogP contribution in [-0.4, -0.2) is 44.7 Å². The normalized spacial score (nSPS) is 15.9. The minimum Gasteiger partial charge on any atom is -0.495 e. The Morgan fingerprint density at radius 3 is 2.75 bits per heavy atom. The van der Waals surface area contributed by atoms with Crippen molar-refractivity contribution in [2.75, 3.05) is 39.6 Å². The third kappa shape index (κ3) is 3.42. The molecule has 0 bridgehead atoms. The van der Waals surface area contributed by atoms with Gasteiger partial charge in [0.15, 0.2) is 0 Å². The second-order valence-corrected chi connectivity index (χ2v) is 5.20. The third-order valence-corrected chi connectivity index (χ3v) is 3.70. The van der Waals surface area contributed by atoms with Crippen LogP contribution in [0.1, 0.15) is 23.2 Å². The topological polar surface area (TPSA) is 64.8 Å². The average Bonchev–Trinajstić information content (AvgIpc) is 2.47. The summed E-state index contributed by atoms with van der Waals surface area (Å²) in [6, 6.07) is 5.14. The van der Waals surface area contributed by atoms with Crippen LogP contribution in [0.4, 0.5) is 5.69 Å². The molecule has 1 heterocycles. The number of ether oxygens (including phenoxy) is 2. The van der Waals surface area contributed by atoms with Gasteiger partial charge in [0.2, 0.25) is 0 Å². The molecule has 0 unspecified atom stereocenters. The molecule has 1 saturated heterocycles. The molecule has 0 aliphatic carbocycles. The van der Waals surface area contributed by atoms with Gasteiger partial charge in [0.05, 0.1) is 12.8 Å². The monoisotopic (exact) mass is 278 g/mol. The molecule has 2 rings (SSSR count). The van der Waals surface area contributed by atoms with E-state index in [1.807, 2.05) is 7.05 Å². The number of rotatable bonds is 4. The lowest BCUT2D eigenvalue weighted by atomic mass is 9.99. The molecular formula is C15H22N2O3. The molecule has 20 heavy (non-hydrogen) atoms. The van der Waals surface area contributed by atoms with Crippen molar-refractivity contribution in [3.8, 4) is 5.75 Å². The van der Waals surface area contributed by atoms with E-state index in [4.69, 9.17) is 15.2 Å². The molecular weight excluding hydrogens is 256 g/mol. The van der Waals surface area contributed by atoms with Gasteiger partial charge >= 0.3 is 0 Å². The fourth-order valence-corrected chi connectivity index (χ4v) is 2.49. The van der Waals surface area contributed by atoms with Gasteiger partial charge in [-0.05, 0) is 37.0 Å². The molecule has 0 saturated carbocycles. The smallest absolute Gasteiger partial charge is 0.253 e. The minimum atomic E-state index is -0.00848. The zero-order valence-electron chi connectivity index (χ0n) is 12.1. The van der Waals surface area contributed by atoms with Crippen molar-refractivity contribution in [3.63, 3.8) is 0 Å². The Labute approximate surface area is 119 Å². The number of carbonyl (C=O) groups is 1. The fraction of sp³-hybridized carbons (Fsp3) is 0.533. The molecule has 5 heteroatoms. The Balaban J connectivity index is 2.00. The lowest BCUT2D eigenvalue weighted by Gasteiger charge is -2.27. The molecule has 1 aromatic rings. The molecule has 1 amide bonds. The lowest BCUT2D eigenvalue weighted by molar-refractivity contribution is 0.0497. The number of hydrogen-bond donors (Lipinski definition) is 1. The van der Waals surface area contributed by atoms with E-state index in [2.05, 4.69) is 0 Å². The van der Waals surface area contributed by atoms with Gasteiger partial charge in [0.25, 0.3) is 5.91 Å². The van der Waals surface area contributed by atoms with Crippen molar-refractivity contribution in [3.05, 3.63) is 23.8 Å². The second kappa shape index (κ2) is 6.61. The van der Waals surface area contributed by atoms with Crippen LogP contribution < -0.4 is 10.5 Å². The number of nitrogens with two attached hydrogens (primary N) is 1. The van der Waals surface area contributed by atoms with Crippen LogP contribution in [0.25, 0.3) is 0 Å². The first-order valence-electron chi connectivity index (χ1n) is 6.88. The van der Waals surface area contributed by atoms with Crippen molar-refractivity contribution in [1.82, 2.24) is 4.90 Å². The number of anilines is 1. The Morgan fingerprint density at radius 1 is 1.45 bits per heavy atom. The van der Waals surface area contributed by atoms with Crippen molar-refractivity contribution in [2.45, 2.75) is 12.8 Å². The number of amides is 1. The highest BCUT2D eigenvalue weighted by atomic mass is 16.5. The largest absolute Gasteiger partial charge is 0.495 e. The molecule has 1 aromatic carbocycles. The molecule has 0 atom stereocenters. The number of hydrogen-bond acceptors (Lipinski definition) is 4. The summed E-state index contributed by atoms with van der Waals surface area (Å²) in [6.07, 6.45) is 2.03. The Kier molecular flexibility index (Phi) is 4.84. The summed E-state index contributed by atoms with van der Waals surface area (Å²) < 4.78 is 10.4. The highest BCUT2D eigenvalue weighted by Crippen LogP contribution is 2.23. The van der Waals surface area contributed by atoms with E-state index in [1.54, 1.807) is 30.2 Å². The summed E-state index contributed by atoms with van der Waals surface area (Å²) in [5.41, 5.74) is 6.92. The maximum Gasteiger partial charge on any atom is 0.253 e. The van der Waals surface area contributed by atoms with Crippen molar-refractivity contribution in [1.29, 1.82) is 0 Å². The zero-order valence-corrected chi connectivity index (χ0v) is 12.1. The number of carbonyl (C=O) groups excluding carboxylic acids is 1. The number of methoxy groups -OCH3 is 1. The standard InChI is InChI=1S/C15H22N2O3/c1-17(10-11-5-7-20-8-6-11)15(18)12-3-4-14(19-2)13(16)9-12/h3-4,9,11H,5-8,10,16H2,1-2H3. The van der Waals surface area contributed by atoms with Gasteiger partial charge in [-0.1, -0.05) is 0 Å². The molecule has 0 aromatic heterocycles. The molecule has 110 valence electrons. The van der Waals surface area contributed by atoms with E-state index in [1.165, 1.54) is 0 Å². The SMILES string of the molecule is COc1ccc(C(=O)N(C)CC2CCOCC2)cc1N. The first-order chi connectivity index (χ1) is 9.61. The van der Waals surface area contributed by atoms with E-state index in [0.29, 0.717) is 22.9 Å². The van der Waals surface area contributed by atoms with Crippen LogP contribution >= 0.6 is 0 Å². The zero-order chi connectivity index (χ0) is 14.5. The van der Waals surface area contributed by atoms with Crippen LogP contribution in [0.5, 0.6) is 5.75 Å². The predicted molar refractivity (Wildman–Crippen MR) is 77.9 cm³/mol. The van der Waals surface area contributed by atoms with Gasteiger partial charge in [-0.2, -0.15) is 0 Å². The Morgan fingerprint density at radius 2 is 2.15 bits per heavy atom. The van der Waals surface area contributed by atoms with Crippen LogP contribution in [0.2, 0.25) is 0 Å². The van der Waals surface area contributed by atoms with Crippen molar-refractivity contribution >= 4 is 11.6 Å². The van der Waals surface area contributed by atoms with Crippen LogP contribution in [0.3, 0.4) is 0 Å². The summed E-state index contributed by atoms with van der Waals surface area (Å²) in [4.78, 5) is 14.1. The van der Waals surface area contributed by atoms with Gasteiger partial charge in [-0.25, -0.2) is 0 Å². The van der Waals surface area contributed by atoms with E-state index in [9.17, 15) is 4.79 Å². The summed E-state index contributed by atoms with van der Waals surface area (Å²) in [5, 5.41) is 0. The van der Waals surface area contributed by atoms with E-state index in [0.717, 1.165) is 32.6 Å². The molecule has 5 nitrogen and oxygen atoms in total. The first kappa shape index (κ1) is 14.7. The molecule has 1 aliphatic heterocycles. The molecule has 2 N–H and O–H groups in total. The Bertz CT molecular complexity index is 470. The van der Waals surface area contributed by atoms with Gasteiger partial charge in [-0.3, -0.25) is 4.79 Å². The van der Waals surface area contributed by atoms with Crippen LogP contribution in [0.15, 0.2) is 18.2 Å². The molecule has 0 radical (unpaired) electrons. The predicted octanol–water partition coefficient (Wildman–Crippen LogP) is 1.78. The van der Waals surface area contributed by atoms with E-state index in [-0.39, 0.29) is 5.91 Å². The summed E-state index contributed by atoms with van der Waals surface area (Å²) in [7, 11) is 3.39. The number of nitrogens with zero attached hydrogens (tertiary/aromatic N) is 1. The lowest BCUT2D eigenvalue weighted by Crippen LogP contribution is -2.34. The fourth-order valence-electron chi connectivity index (χ4n) is 2.49. The van der Waals surface area contributed by atoms with Crippen LogP contribution in [0, 0.1) is 5.92 Å². The quantitative estimate of drug-likeness (QED) is 0.853. The van der Waals surface area contributed by atoms with Gasteiger partial charge in [0, 0.05) is 32.4 Å². The summed E-state index contributed by atoms with van der Waals surface area (Å²) in [6.45, 7) is 2.35. The molecule has 1 aliphatic rings. The third-order valence-electron chi connectivity index (χ3n) is 3.70. The average molecular weight is 278 g/mol. The van der Waals surface area contributed by atoms with Crippen molar-refractivity contribution < 1.29 is 14.3 Å².